The van der Waals surface area contributed by atoms with E-state index < -0.39 is 18.0 Å². The van der Waals surface area contributed by atoms with Gasteiger partial charge < -0.3 is 20.4 Å². The van der Waals surface area contributed by atoms with Gasteiger partial charge in [0.05, 0.1) is 24.0 Å². The average Bonchev–Trinajstić information content (AvgIpc) is 3.27. The lowest BCUT2D eigenvalue weighted by Crippen LogP contribution is -2.61. The lowest BCUT2D eigenvalue weighted by atomic mass is 9.83. The monoisotopic (exact) mass is 409 g/mol. The lowest BCUT2D eigenvalue weighted by molar-refractivity contribution is -0.161. The van der Waals surface area contributed by atoms with Crippen molar-refractivity contribution in [2.24, 2.45) is 11.8 Å². The van der Waals surface area contributed by atoms with E-state index >= 15 is 0 Å². The molecular weight excluding hydrogens is 386 g/mol. The molecule has 0 aromatic carbocycles. The third-order valence-corrected chi connectivity index (χ3v) is 7.56. The fourth-order valence-corrected chi connectivity index (χ4v) is 6.21. The number of carbonyl (C=O) groups is 4. The molecule has 0 aliphatic carbocycles. The third-order valence-electron chi connectivity index (χ3n) is 6.23. The van der Waals surface area contributed by atoms with E-state index in [0.717, 1.165) is 0 Å². The van der Waals surface area contributed by atoms with Gasteiger partial charge in [-0.05, 0) is 13.3 Å². The molecule has 0 bridgehead atoms. The summed E-state index contributed by atoms with van der Waals surface area (Å²) in [5.74, 6) is -2.75. The van der Waals surface area contributed by atoms with Crippen LogP contribution in [0.3, 0.4) is 0 Å². The minimum Gasteiger partial charge on any atom is -0.477 e. The van der Waals surface area contributed by atoms with Crippen molar-refractivity contribution in [1.82, 2.24) is 15.1 Å². The lowest BCUT2D eigenvalue weighted by Gasteiger charge is -2.44. The van der Waals surface area contributed by atoms with E-state index in [1.165, 1.54) is 28.6 Å². The summed E-state index contributed by atoms with van der Waals surface area (Å²) in [6, 6.07) is -0.410. The smallest absolute Gasteiger partial charge is 0.353 e. The number of carbonyl (C=O) groups excluding carboxylic acids is 3. The average molecular weight is 409 g/mol. The van der Waals surface area contributed by atoms with Gasteiger partial charge in [0.1, 0.15) is 5.70 Å². The topological polar surface area (TPSA) is 127 Å². The van der Waals surface area contributed by atoms with Gasteiger partial charge in [0, 0.05) is 42.6 Å². The molecule has 28 heavy (non-hydrogen) atoms. The van der Waals surface area contributed by atoms with Crippen LogP contribution in [0.2, 0.25) is 0 Å². The first-order valence-corrected chi connectivity index (χ1v) is 10.3. The first-order chi connectivity index (χ1) is 13.2. The number of β-lactam (4-membered cyclic amide) rings is 1. The minimum atomic E-state index is -1.14. The van der Waals surface area contributed by atoms with Gasteiger partial charge in [0.15, 0.2) is 0 Å². The third kappa shape index (κ3) is 2.85. The number of nitrogens with zero attached hydrogens (tertiary/aromatic N) is 2. The van der Waals surface area contributed by atoms with E-state index in [2.05, 4.69) is 5.32 Å². The standard InChI is InChI=1S/C18H23N3O6S/c1-7(22)14-11-5-12(15(18(26)27)21(11)17(14)25)28-8-3-10(19-6-8)9-4-13(23)20(2)16(9)24/h7-11,14,19,22H,3-6H2,1-2H3,(H,26,27)/t7-,8+,9?,10+,11-,14-/m1/s1. The number of hydrogen-bond donors (Lipinski definition) is 3. The van der Waals surface area contributed by atoms with Crippen LogP contribution in [0.4, 0.5) is 0 Å². The maximum absolute atomic E-state index is 12.3. The second-order valence-corrected chi connectivity index (χ2v) is 9.31. The van der Waals surface area contributed by atoms with Crippen LogP contribution in [0.5, 0.6) is 0 Å². The van der Waals surface area contributed by atoms with Crippen LogP contribution >= 0.6 is 11.8 Å². The van der Waals surface area contributed by atoms with Gasteiger partial charge in [0.25, 0.3) is 0 Å². The molecule has 10 heteroatoms. The number of aliphatic hydroxyl groups excluding tert-OH is 1. The van der Waals surface area contributed by atoms with Crippen LogP contribution in [0, 0.1) is 11.8 Å². The molecule has 0 saturated carbocycles. The van der Waals surface area contributed by atoms with Crippen LogP contribution in [-0.2, 0) is 19.2 Å². The summed E-state index contributed by atoms with van der Waals surface area (Å²) in [4.78, 5) is 51.1. The summed E-state index contributed by atoms with van der Waals surface area (Å²) < 4.78 is 0. The molecule has 4 aliphatic heterocycles. The van der Waals surface area contributed by atoms with Gasteiger partial charge in [-0.3, -0.25) is 19.3 Å². The second-order valence-electron chi connectivity index (χ2n) is 7.91. The molecule has 0 radical (unpaired) electrons. The summed E-state index contributed by atoms with van der Waals surface area (Å²) in [5, 5.41) is 22.8. The molecule has 4 aliphatic rings. The zero-order chi connectivity index (χ0) is 20.3. The van der Waals surface area contributed by atoms with Crippen molar-refractivity contribution in [3.05, 3.63) is 10.6 Å². The van der Waals surface area contributed by atoms with E-state index in [1.807, 2.05) is 0 Å². The highest BCUT2D eigenvalue weighted by Gasteiger charge is 2.57. The van der Waals surface area contributed by atoms with Crippen molar-refractivity contribution in [3.63, 3.8) is 0 Å². The van der Waals surface area contributed by atoms with Crippen LogP contribution < -0.4 is 5.32 Å². The second kappa shape index (κ2) is 6.85. The molecule has 6 atom stereocenters. The van der Waals surface area contributed by atoms with Crippen molar-refractivity contribution in [1.29, 1.82) is 0 Å². The number of fused-ring (bicyclic) bond motifs is 1. The van der Waals surface area contributed by atoms with Crippen molar-refractivity contribution >= 4 is 35.5 Å². The zero-order valence-corrected chi connectivity index (χ0v) is 16.4. The van der Waals surface area contributed by atoms with E-state index in [-0.39, 0.29) is 53.1 Å². The fraction of sp³-hybridized carbons (Fsp3) is 0.667. The molecule has 152 valence electrons. The molecule has 3 fully saturated rings. The molecular formula is C18H23N3O6S. The molecule has 3 N–H and O–H groups in total. The Balaban J connectivity index is 1.45. The summed E-state index contributed by atoms with van der Waals surface area (Å²) >= 11 is 1.43. The van der Waals surface area contributed by atoms with E-state index in [1.54, 1.807) is 6.92 Å². The number of nitrogens with one attached hydrogen (secondary N) is 1. The Labute approximate surface area is 166 Å². The summed E-state index contributed by atoms with van der Waals surface area (Å²) in [5.41, 5.74) is 0.0206. The molecule has 1 unspecified atom stereocenters. The Morgan fingerprint density at radius 1 is 1.25 bits per heavy atom. The van der Waals surface area contributed by atoms with Gasteiger partial charge in [0.2, 0.25) is 17.7 Å². The summed E-state index contributed by atoms with van der Waals surface area (Å²) in [6.07, 6.45) is 0.470. The van der Waals surface area contributed by atoms with Gasteiger partial charge in [-0.25, -0.2) is 4.79 Å². The summed E-state index contributed by atoms with van der Waals surface area (Å²) in [6.45, 7) is 2.15. The van der Waals surface area contributed by atoms with Crippen LogP contribution in [0.25, 0.3) is 0 Å². The number of likely N-dealkylation sites (tertiary alicyclic amines) is 1. The number of amides is 3. The number of thioether (sulfide) groups is 1. The maximum Gasteiger partial charge on any atom is 0.353 e. The van der Waals surface area contributed by atoms with Crippen molar-refractivity contribution in [2.45, 2.75) is 49.6 Å². The van der Waals surface area contributed by atoms with Crippen LogP contribution in [-0.4, -0.2) is 80.7 Å². The Hall–Kier alpha value is -1.91. The highest BCUT2D eigenvalue weighted by atomic mass is 32.2. The zero-order valence-electron chi connectivity index (χ0n) is 15.6. The van der Waals surface area contributed by atoms with Crippen molar-refractivity contribution < 1.29 is 29.4 Å². The Bertz CT molecular complexity index is 796. The SMILES string of the molecule is C[C@@H](O)[C@H]1C(=O)N2C(C(=O)O)=C(S[C@@H]3CN[C@H](C4CC(=O)N(C)C4=O)C3)C[C@H]12. The molecule has 0 aromatic heterocycles. The highest BCUT2D eigenvalue weighted by molar-refractivity contribution is 8.03. The summed E-state index contributed by atoms with van der Waals surface area (Å²) in [7, 11) is 1.49. The van der Waals surface area contributed by atoms with E-state index in [9.17, 15) is 29.4 Å². The van der Waals surface area contributed by atoms with Crippen molar-refractivity contribution in [2.75, 3.05) is 13.6 Å². The first-order valence-electron chi connectivity index (χ1n) is 9.38. The minimum absolute atomic E-state index is 0.0206. The number of rotatable bonds is 5. The number of aliphatic hydroxyl groups is 1. The van der Waals surface area contributed by atoms with Gasteiger partial charge in [-0.2, -0.15) is 0 Å². The predicted molar refractivity (Wildman–Crippen MR) is 98.8 cm³/mol. The molecule has 4 rings (SSSR count). The molecule has 9 nitrogen and oxygen atoms in total. The van der Waals surface area contributed by atoms with Crippen molar-refractivity contribution in [3.8, 4) is 0 Å². The molecule has 3 saturated heterocycles. The molecule has 0 aromatic rings. The largest absolute Gasteiger partial charge is 0.477 e. The number of hydrogen-bond acceptors (Lipinski definition) is 7. The van der Waals surface area contributed by atoms with Gasteiger partial charge >= 0.3 is 5.97 Å². The highest BCUT2D eigenvalue weighted by Crippen LogP contribution is 2.48. The number of carboxylic acid groups (broad SMARTS) is 1. The fourth-order valence-electron chi connectivity index (χ4n) is 4.76. The van der Waals surface area contributed by atoms with Crippen LogP contribution in [0.15, 0.2) is 10.6 Å². The molecule has 3 amide bonds. The number of imide groups is 1. The molecule has 0 spiro atoms. The molecule has 4 heterocycles. The predicted octanol–water partition coefficient (Wildman–Crippen LogP) is -0.637. The first kappa shape index (κ1) is 19.4. The van der Waals surface area contributed by atoms with E-state index in [4.69, 9.17) is 0 Å². The maximum atomic E-state index is 12.3. The van der Waals surface area contributed by atoms with E-state index in [0.29, 0.717) is 24.3 Å². The van der Waals surface area contributed by atoms with Gasteiger partial charge in [-0.15, -0.1) is 11.8 Å². The van der Waals surface area contributed by atoms with Crippen LogP contribution in [0.1, 0.15) is 26.2 Å². The normalized spacial score (nSPS) is 36.2. The number of carboxylic acids is 1. The Morgan fingerprint density at radius 2 is 1.96 bits per heavy atom. The van der Waals surface area contributed by atoms with Gasteiger partial charge in [-0.1, -0.05) is 0 Å². The number of aliphatic carboxylic acids is 1. The Kier molecular flexibility index (Phi) is 4.75. The Morgan fingerprint density at radius 3 is 2.54 bits per heavy atom. The quantitative estimate of drug-likeness (QED) is 0.404.